The van der Waals surface area contributed by atoms with Crippen molar-refractivity contribution in [2.24, 2.45) is 5.73 Å². The number of carbonyl (C=O) groups excluding carboxylic acids is 8. The monoisotopic (exact) mass is 862 g/mol. The van der Waals surface area contributed by atoms with Crippen molar-refractivity contribution >= 4 is 76.1 Å². The summed E-state index contributed by atoms with van der Waals surface area (Å²) in [7, 11) is 0. The number of aromatic nitrogens is 1. The summed E-state index contributed by atoms with van der Waals surface area (Å²) < 4.78 is 0. The second-order valence-corrected chi connectivity index (χ2v) is 13.6. The third-order valence-corrected chi connectivity index (χ3v) is 8.68. The minimum Gasteiger partial charge on any atom is -0.481 e. The maximum Gasteiger partial charge on any atom is 0.326 e. The number of aliphatic hydroxyl groups excluding tert-OH is 1. The van der Waals surface area contributed by atoms with E-state index in [9.17, 15) is 63.0 Å². The van der Waals surface area contributed by atoms with Gasteiger partial charge < -0.3 is 73.7 Å². The van der Waals surface area contributed by atoms with E-state index in [1.165, 1.54) is 13.8 Å². The fraction of sp³-hybridized carbons (Fsp3) is 0.472. The van der Waals surface area contributed by atoms with Crippen LogP contribution in [0.2, 0.25) is 0 Å². The summed E-state index contributed by atoms with van der Waals surface area (Å²) in [4.78, 5) is 137. The molecule has 25 nitrogen and oxygen atoms in total. The van der Waals surface area contributed by atoms with Crippen molar-refractivity contribution in [2.75, 3.05) is 19.7 Å². The number of rotatable bonds is 25. The van der Waals surface area contributed by atoms with Crippen molar-refractivity contribution < 1.29 is 73.2 Å². The van der Waals surface area contributed by atoms with Crippen LogP contribution < -0.4 is 48.3 Å². The van der Waals surface area contributed by atoms with E-state index in [4.69, 9.17) is 15.9 Å². The summed E-state index contributed by atoms with van der Waals surface area (Å²) in [6.07, 6.45) is -0.102. The highest BCUT2D eigenvalue weighted by molar-refractivity contribution is 5.97. The molecule has 8 amide bonds. The molecular formula is C36H50N10O15. The van der Waals surface area contributed by atoms with Crippen LogP contribution in [0.3, 0.4) is 0 Å². The molecule has 7 unspecified atom stereocenters. The van der Waals surface area contributed by atoms with Gasteiger partial charge in [-0.15, -0.1) is 0 Å². The zero-order chi connectivity index (χ0) is 46.0. The quantitative estimate of drug-likeness (QED) is 0.0443. The molecule has 0 bridgehead atoms. The van der Waals surface area contributed by atoms with E-state index in [-0.39, 0.29) is 6.42 Å². The van der Waals surface area contributed by atoms with Gasteiger partial charge in [0.25, 0.3) is 0 Å². The first-order valence-electron chi connectivity index (χ1n) is 18.6. The molecule has 0 aliphatic rings. The van der Waals surface area contributed by atoms with Crippen molar-refractivity contribution in [3.8, 4) is 0 Å². The standard InChI is InChI=1S/C36H50N10O15/c1-16(41-31(55)17(2)42-33(57)21(37)10-19-12-38-22-7-5-4-6-20(19)22)30(54)39-13-27(49)45-24(11-29(52)53)35(59)43-18(3)32(56)46-25(15-47)34(58)40-14-26(48)44-23(36(60)61)8-9-28(50)51/h4-7,12,16-18,21,23-25,38,47H,8-11,13-15,37H2,1-3H3,(H,39,54)(H,40,58)(H,41,55)(H,42,57)(H,43,59)(H,44,48)(H,45,49)(H,46,56)(H,50,51)(H,52,53)(H,60,61). The van der Waals surface area contributed by atoms with Crippen LogP contribution >= 0.6 is 0 Å². The van der Waals surface area contributed by atoms with Gasteiger partial charge in [-0.25, -0.2) is 4.79 Å². The van der Waals surface area contributed by atoms with E-state index in [1.54, 1.807) is 6.20 Å². The van der Waals surface area contributed by atoms with Gasteiger partial charge in [0.1, 0.15) is 36.3 Å². The van der Waals surface area contributed by atoms with Gasteiger partial charge in [0, 0.05) is 23.5 Å². The molecule has 0 radical (unpaired) electrons. The van der Waals surface area contributed by atoms with Crippen LogP contribution in [0.15, 0.2) is 30.5 Å². The van der Waals surface area contributed by atoms with Crippen molar-refractivity contribution in [1.82, 2.24) is 47.5 Å². The van der Waals surface area contributed by atoms with Gasteiger partial charge in [-0.2, -0.15) is 0 Å². The summed E-state index contributed by atoms with van der Waals surface area (Å²) in [6, 6.07) is -2.52. The molecule has 1 heterocycles. The number of benzene rings is 1. The summed E-state index contributed by atoms with van der Waals surface area (Å²) in [5.74, 6) is -12.1. The van der Waals surface area contributed by atoms with Crippen LogP contribution in [0.4, 0.5) is 0 Å². The number of H-pyrrole nitrogens is 1. The highest BCUT2D eigenvalue weighted by Gasteiger charge is 2.30. The molecule has 25 heteroatoms. The van der Waals surface area contributed by atoms with Crippen molar-refractivity contribution in [3.05, 3.63) is 36.0 Å². The van der Waals surface area contributed by atoms with Gasteiger partial charge in [-0.1, -0.05) is 18.2 Å². The lowest BCUT2D eigenvalue weighted by Gasteiger charge is -2.22. The molecule has 2 rings (SSSR count). The first-order valence-corrected chi connectivity index (χ1v) is 18.6. The molecule has 15 N–H and O–H groups in total. The number of carbonyl (C=O) groups is 11. The number of hydrogen-bond donors (Lipinski definition) is 14. The molecule has 7 atom stereocenters. The minimum absolute atomic E-state index is 0.173. The lowest BCUT2D eigenvalue weighted by molar-refractivity contribution is -0.143. The van der Waals surface area contributed by atoms with Crippen LogP contribution in [0.5, 0.6) is 0 Å². The molecule has 0 aliphatic carbocycles. The molecule has 1 aromatic heterocycles. The van der Waals surface area contributed by atoms with Gasteiger partial charge in [-0.3, -0.25) is 47.9 Å². The lowest BCUT2D eigenvalue weighted by Crippen LogP contribution is -2.58. The number of aliphatic hydroxyl groups is 1. The Hall–Kier alpha value is -7.15. The normalized spacial score (nSPS) is 14.2. The Kier molecular flexibility index (Phi) is 19.7. The molecule has 61 heavy (non-hydrogen) atoms. The van der Waals surface area contributed by atoms with E-state index in [0.717, 1.165) is 23.4 Å². The second-order valence-electron chi connectivity index (χ2n) is 13.6. The molecule has 0 fully saturated rings. The molecule has 0 spiro atoms. The second kappa shape index (κ2) is 24.1. The molecule has 1 aromatic carbocycles. The zero-order valence-electron chi connectivity index (χ0n) is 33.2. The maximum atomic E-state index is 12.9. The van der Waals surface area contributed by atoms with Crippen LogP contribution in [-0.4, -0.2) is 153 Å². The molecule has 0 saturated carbocycles. The Morgan fingerprint density at radius 1 is 0.623 bits per heavy atom. The van der Waals surface area contributed by atoms with Crippen LogP contribution in [0, 0.1) is 0 Å². The van der Waals surface area contributed by atoms with Crippen LogP contribution in [-0.2, 0) is 59.2 Å². The van der Waals surface area contributed by atoms with Gasteiger partial charge in [0.2, 0.25) is 47.3 Å². The number of carboxylic acid groups (broad SMARTS) is 3. The van der Waals surface area contributed by atoms with E-state index in [0.29, 0.717) is 0 Å². The number of para-hydroxylation sites is 1. The Morgan fingerprint density at radius 3 is 1.72 bits per heavy atom. The Labute approximate surface area is 346 Å². The number of carboxylic acids is 3. The van der Waals surface area contributed by atoms with Crippen LogP contribution in [0.1, 0.15) is 45.6 Å². The molecular weight excluding hydrogens is 812 g/mol. The molecule has 334 valence electrons. The van der Waals surface area contributed by atoms with Gasteiger partial charge >= 0.3 is 17.9 Å². The van der Waals surface area contributed by atoms with E-state index in [2.05, 4.69) is 36.9 Å². The van der Waals surface area contributed by atoms with Crippen LogP contribution in [0.25, 0.3) is 10.9 Å². The number of hydrogen-bond acceptors (Lipinski definition) is 13. The fourth-order valence-corrected chi connectivity index (χ4v) is 5.30. The van der Waals surface area contributed by atoms with Crippen molar-refractivity contribution in [3.63, 3.8) is 0 Å². The number of nitrogens with one attached hydrogen (secondary N) is 9. The van der Waals surface area contributed by atoms with E-state index in [1.807, 2.05) is 34.9 Å². The first kappa shape index (κ1) is 50.0. The highest BCUT2D eigenvalue weighted by atomic mass is 16.4. The Balaban J connectivity index is 1.84. The van der Waals surface area contributed by atoms with Crippen molar-refractivity contribution in [2.45, 2.75) is 88.7 Å². The predicted molar refractivity (Wildman–Crippen MR) is 208 cm³/mol. The average molecular weight is 863 g/mol. The number of nitrogens with two attached hydrogens (primary N) is 1. The number of aromatic amines is 1. The predicted octanol–water partition coefficient (Wildman–Crippen LogP) is -5.35. The first-order chi connectivity index (χ1) is 28.6. The lowest BCUT2D eigenvalue weighted by atomic mass is 10.0. The third kappa shape index (κ3) is 16.9. The summed E-state index contributed by atoms with van der Waals surface area (Å²) in [6.45, 7) is 1.11. The molecule has 2 aromatic rings. The van der Waals surface area contributed by atoms with Gasteiger partial charge in [-0.05, 0) is 45.2 Å². The molecule has 0 aliphatic heterocycles. The fourth-order valence-electron chi connectivity index (χ4n) is 5.30. The van der Waals surface area contributed by atoms with E-state index < -0.39 is 146 Å². The summed E-state index contributed by atoms with van der Waals surface area (Å²) in [5.41, 5.74) is 7.73. The third-order valence-electron chi connectivity index (χ3n) is 8.68. The Bertz CT molecular complexity index is 1970. The topological polar surface area (TPSA) is 407 Å². The van der Waals surface area contributed by atoms with E-state index >= 15 is 0 Å². The van der Waals surface area contributed by atoms with Gasteiger partial charge in [0.05, 0.1) is 32.2 Å². The number of aliphatic carboxylic acids is 3. The average Bonchev–Trinajstić information content (AvgIpc) is 3.60. The largest absolute Gasteiger partial charge is 0.481 e. The zero-order valence-corrected chi connectivity index (χ0v) is 33.2. The summed E-state index contributed by atoms with van der Waals surface area (Å²) in [5, 5.41) is 55.1. The minimum atomic E-state index is -1.79. The SMILES string of the molecule is CC(NC(=O)C(N)Cc1c[nH]c2ccccc12)C(=O)NC(C)C(=O)NCC(=O)NC(CC(=O)O)C(=O)NC(C)C(=O)NC(CO)C(=O)NCC(=O)NC(CCC(=O)O)C(=O)O. The molecule has 0 saturated heterocycles. The Morgan fingerprint density at radius 2 is 1.15 bits per heavy atom. The summed E-state index contributed by atoms with van der Waals surface area (Å²) >= 11 is 0. The maximum absolute atomic E-state index is 12.9. The van der Waals surface area contributed by atoms with Gasteiger partial charge in [0.15, 0.2) is 0 Å². The van der Waals surface area contributed by atoms with Crippen molar-refractivity contribution in [1.29, 1.82) is 0 Å². The number of amides is 8. The smallest absolute Gasteiger partial charge is 0.326 e. The number of fused-ring (bicyclic) bond motifs is 1. The highest BCUT2D eigenvalue weighted by Crippen LogP contribution is 2.18.